The Balaban J connectivity index is 2.06. The van der Waals surface area contributed by atoms with Crippen molar-refractivity contribution >= 4 is 21.4 Å². The Morgan fingerprint density at radius 3 is 2.52 bits per heavy atom. The van der Waals surface area contributed by atoms with Crippen molar-refractivity contribution in [2.24, 2.45) is 0 Å². The topological polar surface area (TPSA) is 58.2 Å². The van der Waals surface area contributed by atoms with E-state index >= 15 is 0 Å². The Labute approximate surface area is 132 Å². The van der Waals surface area contributed by atoms with Gasteiger partial charge in [-0.3, -0.25) is 0 Å². The monoisotopic (exact) mass is 330 g/mol. The average Bonchev–Trinajstić information content (AvgIpc) is 2.76. The van der Waals surface area contributed by atoms with Crippen molar-refractivity contribution in [3.63, 3.8) is 0 Å². The normalized spacial score (nSPS) is 18.0. The highest BCUT2D eigenvalue weighted by Gasteiger charge is 2.24. The quantitative estimate of drug-likeness (QED) is 0.787. The molecule has 1 saturated carbocycles. The summed E-state index contributed by atoms with van der Waals surface area (Å²) in [6, 6.07) is 2.17. The first-order chi connectivity index (χ1) is 9.99. The summed E-state index contributed by atoms with van der Waals surface area (Å²) in [5.74, 6) is 0. The summed E-state index contributed by atoms with van der Waals surface area (Å²) in [6.45, 7) is 4.73. The van der Waals surface area contributed by atoms with Gasteiger partial charge in [-0.15, -0.1) is 11.3 Å². The Bertz CT molecular complexity index is 530. The van der Waals surface area contributed by atoms with E-state index in [1.165, 1.54) is 24.2 Å². The predicted molar refractivity (Wildman–Crippen MR) is 88.1 cm³/mol. The van der Waals surface area contributed by atoms with Gasteiger partial charge < -0.3 is 5.32 Å². The Morgan fingerprint density at radius 1 is 1.24 bits per heavy atom. The summed E-state index contributed by atoms with van der Waals surface area (Å²) in [6.07, 6.45) is 6.61. The van der Waals surface area contributed by atoms with Crippen LogP contribution in [0.5, 0.6) is 0 Å². The van der Waals surface area contributed by atoms with Crippen LogP contribution in [0.3, 0.4) is 0 Å². The van der Waals surface area contributed by atoms with Gasteiger partial charge in [0.1, 0.15) is 0 Å². The van der Waals surface area contributed by atoms with E-state index in [1.54, 1.807) is 6.07 Å². The molecular formula is C15H26N2O2S2. The molecule has 120 valence electrons. The highest BCUT2D eigenvalue weighted by Crippen LogP contribution is 2.24. The minimum absolute atomic E-state index is 0.100. The maximum absolute atomic E-state index is 12.6. The van der Waals surface area contributed by atoms with Gasteiger partial charge in [0.25, 0.3) is 0 Å². The van der Waals surface area contributed by atoms with Crippen molar-refractivity contribution < 1.29 is 8.42 Å². The number of hydrogen-bond acceptors (Lipinski definition) is 4. The van der Waals surface area contributed by atoms with Crippen LogP contribution in [0.4, 0.5) is 0 Å². The van der Waals surface area contributed by atoms with E-state index in [2.05, 4.69) is 23.9 Å². The SMILES string of the molecule is CC(C)NCc1sccc1S(=O)(=O)NC1CCCCCC1. The van der Waals surface area contributed by atoms with Gasteiger partial charge in [-0.2, -0.15) is 0 Å². The maximum atomic E-state index is 12.6. The van der Waals surface area contributed by atoms with E-state index in [4.69, 9.17) is 0 Å². The first-order valence-electron chi connectivity index (χ1n) is 7.81. The van der Waals surface area contributed by atoms with E-state index in [0.29, 0.717) is 17.5 Å². The summed E-state index contributed by atoms with van der Waals surface area (Å²) < 4.78 is 28.1. The van der Waals surface area contributed by atoms with Crippen molar-refractivity contribution in [2.45, 2.75) is 75.9 Å². The van der Waals surface area contributed by atoms with Crippen molar-refractivity contribution in [3.05, 3.63) is 16.3 Å². The molecule has 0 bridgehead atoms. The molecule has 0 spiro atoms. The van der Waals surface area contributed by atoms with Crippen LogP contribution in [0.25, 0.3) is 0 Å². The Kier molecular flexibility index (Phi) is 6.22. The standard InChI is InChI=1S/C15H26N2O2S2/c1-12(2)16-11-14-15(9-10-20-14)21(18,19)17-13-7-5-3-4-6-8-13/h9-10,12-13,16-17H,3-8,11H2,1-2H3. The van der Waals surface area contributed by atoms with E-state index in [-0.39, 0.29) is 6.04 Å². The second-order valence-corrected chi connectivity index (χ2v) is 8.74. The molecule has 0 unspecified atom stereocenters. The van der Waals surface area contributed by atoms with E-state index in [1.807, 2.05) is 5.38 Å². The van der Waals surface area contributed by atoms with Crippen molar-refractivity contribution in [2.75, 3.05) is 0 Å². The lowest BCUT2D eigenvalue weighted by Gasteiger charge is -2.17. The Hall–Kier alpha value is -0.430. The molecule has 2 N–H and O–H groups in total. The zero-order valence-corrected chi connectivity index (χ0v) is 14.5. The predicted octanol–water partition coefficient (Wildman–Crippen LogP) is 3.25. The summed E-state index contributed by atoms with van der Waals surface area (Å²) in [7, 11) is -3.39. The van der Waals surface area contributed by atoms with Crippen LogP contribution in [0, 0.1) is 0 Å². The summed E-state index contributed by atoms with van der Waals surface area (Å²) in [5.41, 5.74) is 0. The molecular weight excluding hydrogens is 304 g/mol. The first kappa shape index (κ1) is 16.9. The number of rotatable bonds is 6. The van der Waals surface area contributed by atoms with Crippen LogP contribution in [0.1, 0.15) is 57.2 Å². The van der Waals surface area contributed by atoms with Gasteiger partial charge in [0, 0.05) is 23.5 Å². The molecule has 1 aliphatic carbocycles. The highest BCUT2D eigenvalue weighted by atomic mass is 32.2. The summed E-state index contributed by atoms with van der Waals surface area (Å²) in [5, 5.41) is 5.15. The number of hydrogen-bond donors (Lipinski definition) is 2. The van der Waals surface area contributed by atoms with E-state index in [9.17, 15) is 8.42 Å². The smallest absolute Gasteiger partial charge is 0.241 e. The molecule has 1 heterocycles. The van der Waals surface area contributed by atoms with Gasteiger partial charge in [-0.25, -0.2) is 13.1 Å². The van der Waals surface area contributed by atoms with E-state index in [0.717, 1.165) is 30.6 Å². The molecule has 1 aliphatic rings. The van der Waals surface area contributed by atoms with Crippen LogP contribution in [-0.4, -0.2) is 20.5 Å². The molecule has 6 heteroatoms. The molecule has 0 saturated heterocycles. The number of nitrogens with one attached hydrogen (secondary N) is 2. The molecule has 1 fully saturated rings. The molecule has 1 aromatic rings. The zero-order valence-electron chi connectivity index (χ0n) is 12.9. The van der Waals surface area contributed by atoms with Crippen LogP contribution in [0.2, 0.25) is 0 Å². The molecule has 0 radical (unpaired) electrons. The third-order valence-corrected chi connectivity index (χ3v) is 6.50. The third kappa shape index (κ3) is 5.06. The zero-order chi connectivity index (χ0) is 15.3. The fraction of sp³-hybridized carbons (Fsp3) is 0.733. The number of thiophene rings is 1. The van der Waals surface area contributed by atoms with Crippen molar-refractivity contribution in [3.8, 4) is 0 Å². The third-order valence-electron chi connectivity index (χ3n) is 3.84. The fourth-order valence-electron chi connectivity index (χ4n) is 2.67. The van der Waals surface area contributed by atoms with Gasteiger partial charge in [0.2, 0.25) is 10.0 Å². The molecule has 0 amide bonds. The van der Waals surface area contributed by atoms with Crippen LogP contribution >= 0.6 is 11.3 Å². The second kappa shape index (κ2) is 7.72. The fourth-order valence-corrected chi connectivity index (χ4v) is 5.37. The van der Waals surface area contributed by atoms with Gasteiger partial charge in [-0.1, -0.05) is 39.5 Å². The van der Waals surface area contributed by atoms with Crippen molar-refractivity contribution in [1.82, 2.24) is 10.0 Å². The molecule has 1 aromatic heterocycles. The van der Waals surface area contributed by atoms with Crippen LogP contribution in [0.15, 0.2) is 16.3 Å². The lowest BCUT2D eigenvalue weighted by molar-refractivity contribution is 0.508. The molecule has 0 aromatic carbocycles. The first-order valence-corrected chi connectivity index (χ1v) is 10.2. The highest BCUT2D eigenvalue weighted by molar-refractivity contribution is 7.89. The minimum atomic E-state index is -3.39. The molecule has 2 rings (SSSR count). The minimum Gasteiger partial charge on any atom is -0.310 e. The van der Waals surface area contributed by atoms with Gasteiger partial charge in [0.05, 0.1) is 4.90 Å². The lowest BCUT2D eigenvalue weighted by Crippen LogP contribution is -2.35. The molecule has 4 nitrogen and oxygen atoms in total. The van der Waals surface area contributed by atoms with Crippen LogP contribution < -0.4 is 10.0 Å². The largest absolute Gasteiger partial charge is 0.310 e. The van der Waals surface area contributed by atoms with Gasteiger partial charge in [0.15, 0.2) is 0 Å². The average molecular weight is 331 g/mol. The second-order valence-electron chi connectivity index (χ2n) is 6.05. The maximum Gasteiger partial charge on any atom is 0.241 e. The Morgan fingerprint density at radius 2 is 1.90 bits per heavy atom. The molecule has 0 aliphatic heterocycles. The lowest BCUT2D eigenvalue weighted by atomic mass is 10.1. The molecule has 0 atom stereocenters. The van der Waals surface area contributed by atoms with Gasteiger partial charge >= 0.3 is 0 Å². The van der Waals surface area contributed by atoms with E-state index < -0.39 is 10.0 Å². The summed E-state index contributed by atoms with van der Waals surface area (Å²) in [4.78, 5) is 1.34. The molecule has 21 heavy (non-hydrogen) atoms. The van der Waals surface area contributed by atoms with Gasteiger partial charge in [-0.05, 0) is 24.3 Å². The van der Waals surface area contributed by atoms with Crippen LogP contribution in [-0.2, 0) is 16.6 Å². The van der Waals surface area contributed by atoms with Crippen molar-refractivity contribution in [1.29, 1.82) is 0 Å². The summed E-state index contributed by atoms with van der Waals surface area (Å²) >= 11 is 1.50. The number of sulfonamides is 1.